The van der Waals surface area contributed by atoms with Crippen LogP contribution >= 0.6 is 11.6 Å². The quantitative estimate of drug-likeness (QED) is 0.245. The lowest BCUT2D eigenvalue weighted by Crippen LogP contribution is -2.29. The van der Waals surface area contributed by atoms with Gasteiger partial charge in [0.15, 0.2) is 0 Å². The monoisotopic (exact) mass is 458 g/mol. The molecule has 1 aliphatic rings. The summed E-state index contributed by atoms with van der Waals surface area (Å²) < 4.78 is 33.0. The number of benzene rings is 3. The summed E-state index contributed by atoms with van der Waals surface area (Å²) in [5, 5.41) is 10.7. The number of anilines is 1. The topological polar surface area (TPSA) is 107 Å². The number of esters is 1. The number of fused-ring (bicyclic) bond motifs is 1. The molecular weight excluding hydrogens is 444 g/mol. The molecule has 0 N–H and O–H groups in total. The molecular formula is C21H15ClN2O6S. The van der Waals surface area contributed by atoms with Gasteiger partial charge in [-0.05, 0) is 48.4 Å². The lowest BCUT2D eigenvalue weighted by atomic mass is 10.2. The first-order chi connectivity index (χ1) is 14.8. The molecule has 0 bridgehead atoms. The average molecular weight is 459 g/mol. The van der Waals surface area contributed by atoms with Crippen molar-refractivity contribution in [2.45, 2.75) is 11.3 Å². The zero-order valence-electron chi connectivity index (χ0n) is 15.9. The van der Waals surface area contributed by atoms with Crippen LogP contribution in [0, 0.1) is 10.1 Å². The second-order valence-electron chi connectivity index (χ2n) is 6.74. The fourth-order valence-corrected chi connectivity index (χ4v) is 5.31. The summed E-state index contributed by atoms with van der Waals surface area (Å²) in [6, 6.07) is 16.0. The molecule has 1 aliphatic heterocycles. The molecule has 3 aromatic rings. The maximum atomic E-state index is 13.3. The van der Waals surface area contributed by atoms with E-state index in [1.54, 1.807) is 12.1 Å². The number of nitro benzene ring substituents is 1. The number of halogens is 1. The van der Waals surface area contributed by atoms with Gasteiger partial charge < -0.3 is 4.74 Å². The molecule has 4 rings (SSSR count). The van der Waals surface area contributed by atoms with Crippen LogP contribution in [0.25, 0.3) is 0 Å². The number of nitro groups is 1. The number of ether oxygens (including phenoxy) is 1. The van der Waals surface area contributed by atoms with Gasteiger partial charge in [-0.2, -0.15) is 0 Å². The number of carbonyl (C=O) groups excluding carboxylic acids is 1. The normalized spacial score (nSPS) is 13.0. The Labute approximate surface area is 182 Å². The summed E-state index contributed by atoms with van der Waals surface area (Å²) in [7, 11) is -4.01. The third kappa shape index (κ3) is 3.97. The lowest BCUT2D eigenvalue weighted by molar-refractivity contribution is -0.384. The van der Waals surface area contributed by atoms with Gasteiger partial charge in [0.05, 0.1) is 21.2 Å². The molecule has 0 aromatic heterocycles. The minimum absolute atomic E-state index is 0.0173. The minimum Gasteiger partial charge on any atom is -0.423 e. The van der Waals surface area contributed by atoms with Crippen molar-refractivity contribution in [1.82, 2.24) is 0 Å². The summed E-state index contributed by atoms with van der Waals surface area (Å²) in [5.41, 5.74) is 1.33. The Balaban J connectivity index is 1.62. The van der Waals surface area contributed by atoms with E-state index in [2.05, 4.69) is 0 Å². The fraction of sp³-hybridized carbons (Fsp3) is 0.0952. The van der Waals surface area contributed by atoms with Crippen molar-refractivity contribution in [2.75, 3.05) is 10.8 Å². The van der Waals surface area contributed by atoms with Gasteiger partial charge in [-0.1, -0.05) is 29.8 Å². The van der Waals surface area contributed by atoms with Crippen molar-refractivity contribution in [3.8, 4) is 5.75 Å². The molecule has 0 amide bonds. The molecule has 1 heterocycles. The van der Waals surface area contributed by atoms with E-state index in [4.69, 9.17) is 16.3 Å². The van der Waals surface area contributed by atoms with Crippen LogP contribution in [-0.2, 0) is 16.4 Å². The van der Waals surface area contributed by atoms with E-state index in [1.807, 2.05) is 12.1 Å². The molecule has 10 heteroatoms. The molecule has 0 radical (unpaired) electrons. The maximum absolute atomic E-state index is 13.3. The zero-order chi connectivity index (χ0) is 22.2. The Morgan fingerprint density at radius 1 is 1.06 bits per heavy atom. The SMILES string of the molecule is O=C(Oc1ccc([N+](=O)[O-])cc1)c1ccc(Cl)c(S(=O)(=O)N2CCc3ccccc32)c1. The van der Waals surface area contributed by atoms with Gasteiger partial charge in [0.2, 0.25) is 0 Å². The molecule has 31 heavy (non-hydrogen) atoms. The molecule has 0 spiro atoms. The minimum atomic E-state index is -4.01. The summed E-state index contributed by atoms with van der Waals surface area (Å²) in [6.07, 6.45) is 0.578. The highest BCUT2D eigenvalue weighted by Gasteiger charge is 2.32. The van der Waals surface area contributed by atoms with Gasteiger partial charge in [0.25, 0.3) is 15.7 Å². The number of nitrogens with zero attached hydrogens (tertiary/aromatic N) is 2. The molecule has 8 nitrogen and oxygen atoms in total. The van der Waals surface area contributed by atoms with Crippen molar-refractivity contribution >= 4 is 39.0 Å². The Bertz CT molecular complexity index is 1290. The summed E-state index contributed by atoms with van der Waals surface area (Å²) in [4.78, 5) is 22.5. The highest BCUT2D eigenvalue weighted by Crippen LogP contribution is 2.35. The highest BCUT2D eigenvalue weighted by molar-refractivity contribution is 7.93. The molecule has 3 aromatic carbocycles. The summed E-state index contributed by atoms with van der Waals surface area (Å²) >= 11 is 6.18. The van der Waals surface area contributed by atoms with Crippen molar-refractivity contribution in [2.24, 2.45) is 0 Å². The van der Waals surface area contributed by atoms with Crippen molar-refractivity contribution in [3.05, 3.63) is 93.0 Å². The van der Waals surface area contributed by atoms with Crippen LogP contribution in [0.3, 0.4) is 0 Å². The van der Waals surface area contributed by atoms with E-state index >= 15 is 0 Å². The number of sulfonamides is 1. The van der Waals surface area contributed by atoms with Gasteiger partial charge >= 0.3 is 5.97 Å². The van der Waals surface area contributed by atoms with E-state index in [9.17, 15) is 23.3 Å². The number of carbonyl (C=O) groups is 1. The predicted octanol–water partition coefficient (Wildman–Crippen LogP) is 4.22. The van der Waals surface area contributed by atoms with Crippen molar-refractivity contribution < 1.29 is 22.9 Å². The first-order valence-electron chi connectivity index (χ1n) is 9.14. The first kappa shape index (κ1) is 20.8. The number of rotatable bonds is 5. The van der Waals surface area contributed by atoms with Gasteiger partial charge in [0.1, 0.15) is 10.6 Å². The first-order valence-corrected chi connectivity index (χ1v) is 11.0. The third-order valence-corrected chi connectivity index (χ3v) is 7.13. The van der Waals surface area contributed by atoms with Crippen LogP contribution in [0.5, 0.6) is 5.75 Å². The molecule has 0 aliphatic carbocycles. The van der Waals surface area contributed by atoms with E-state index in [1.165, 1.54) is 46.8 Å². The molecule has 0 atom stereocenters. The van der Waals surface area contributed by atoms with Gasteiger partial charge in [-0.15, -0.1) is 0 Å². The van der Waals surface area contributed by atoms with Gasteiger partial charge in [-0.25, -0.2) is 13.2 Å². The largest absolute Gasteiger partial charge is 0.423 e. The number of hydrogen-bond acceptors (Lipinski definition) is 6. The van der Waals surface area contributed by atoms with Crippen LogP contribution in [0.2, 0.25) is 5.02 Å². The molecule has 0 unspecified atom stereocenters. The Kier molecular flexibility index (Phi) is 5.38. The summed E-state index contributed by atoms with van der Waals surface area (Å²) in [5.74, 6) is -0.729. The van der Waals surface area contributed by atoms with Crippen molar-refractivity contribution in [3.63, 3.8) is 0 Å². The third-order valence-electron chi connectivity index (χ3n) is 4.84. The van der Waals surface area contributed by atoms with E-state index in [0.29, 0.717) is 12.1 Å². The van der Waals surface area contributed by atoms with Crippen LogP contribution in [0.1, 0.15) is 15.9 Å². The van der Waals surface area contributed by atoms with Gasteiger partial charge in [-0.3, -0.25) is 14.4 Å². The van der Waals surface area contributed by atoms with E-state index in [-0.39, 0.29) is 33.5 Å². The van der Waals surface area contributed by atoms with E-state index in [0.717, 1.165) is 5.56 Å². The number of hydrogen-bond donors (Lipinski definition) is 0. The Morgan fingerprint density at radius 2 is 1.77 bits per heavy atom. The molecule has 158 valence electrons. The van der Waals surface area contributed by atoms with Crippen LogP contribution in [0.15, 0.2) is 71.6 Å². The van der Waals surface area contributed by atoms with Crippen molar-refractivity contribution in [1.29, 1.82) is 0 Å². The maximum Gasteiger partial charge on any atom is 0.343 e. The predicted molar refractivity (Wildman–Crippen MR) is 114 cm³/mol. The second-order valence-corrected chi connectivity index (χ2v) is 8.98. The zero-order valence-corrected chi connectivity index (χ0v) is 17.5. The molecule has 0 fully saturated rings. The summed E-state index contributed by atoms with van der Waals surface area (Å²) in [6.45, 7) is 0.273. The fourth-order valence-electron chi connectivity index (χ4n) is 3.31. The van der Waals surface area contributed by atoms with Gasteiger partial charge in [0, 0.05) is 18.7 Å². The average Bonchev–Trinajstić information content (AvgIpc) is 3.19. The Hall–Kier alpha value is -3.43. The van der Waals surface area contributed by atoms with E-state index < -0.39 is 20.9 Å². The smallest absolute Gasteiger partial charge is 0.343 e. The number of para-hydroxylation sites is 1. The standard InChI is InChI=1S/C21H15ClN2O6S/c22-18-10-5-15(21(25)30-17-8-6-16(7-9-17)24(26)27)13-20(18)31(28,29)23-12-11-14-3-1-2-4-19(14)23/h1-10,13H,11-12H2. The number of non-ortho nitro benzene ring substituents is 1. The molecule has 0 saturated carbocycles. The highest BCUT2D eigenvalue weighted by atomic mass is 35.5. The van der Waals surface area contributed by atoms with Crippen LogP contribution < -0.4 is 9.04 Å². The second kappa shape index (κ2) is 8.01. The Morgan fingerprint density at radius 3 is 2.48 bits per heavy atom. The molecule has 0 saturated heterocycles. The van der Waals surface area contributed by atoms with Crippen LogP contribution in [0.4, 0.5) is 11.4 Å². The lowest BCUT2D eigenvalue weighted by Gasteiger charge is -2.20. The van der Waals surface area contributed by atoms with Crippen LogP contribution in [-0.4, -0.2) is 25.9 Å².